The third-order valence-corrected chi connectivity index (χ3v) is 4.72. The molecule has 0 N–H and O–H groups in total. The molecule has 2 aliphatic rings. The zero-order valence-electron chi connectivity index (χ0n) is 16.3. The van der Waals surface area contributed by atoms with E-state index in [1.165, 1.54) is 0 Å². The Morgan fingerprint density at radius 1 is 1.24 bits per heavy atom. The van der Waals surface area contributed by atoms with Crippen molar-refractivity contribution in [3.8, 4) is 0 Å². The monoisotopic (exact) mass is 348 g/mol. The van der Waals surface area contributed by atoms with Crippen LogP contribution < -0.4 is 0 Å². The summed E-state index contributed by atoms with van der Waals surface area (Å²) in [6.07, 6.45) is 10.3. The van der Waals surface area contributed by atoms with E-state index < -0.39 is 0 Å². The first kappa shape index (κ1) is 19.6. The molecule has 5 heteroatoms. The van der Waals surface area contributed by atoms with E-state index in [-0.39, 0.29) is 11.5 Å². The fraction of sp³-hybridized carbons (Fsp3) is 0.650. The van der Waals surface area contributed by atoms with Crippen LogP contribution in [-0.4, -0.2) is 36.2 Å². The van der Waals surface area contributed by atoms with Crippen molar-refractivity contribution >= 4 is 6.09 Å². The fourth-order valence-corrected chi connectivity index (χ4v) is 3.16. The Bertz CT molecular complexity index is 567. The summed E-state index contributed by atoms with van der Waals surface area (Å²) < 4.78 is 11.5. The van der Waals surface area contributed by atoms with E-state index in [0.29, 0.717) is 11.5 Å². The molecule has 1 heterocycles. The standard InChI is InChI=1S/C20H32N2O3/c1-6-8-12-22(13-9-7-2)21(5)19(23)25-18-17-16(11-10-14-24-17)15-20(18,3)4/h10-11,14H,6-9,12-13,15H2,1-5H3. The van der Waals surface area contributed by atoms with Crippen LogP contribution in [0.4, 0.5) is 4.79 Å². The van der Waals surface area contributed by atoms with Crippen LogP contribution in [0.5, 0.6) is 0 Å². The Balaban J connectivity index is 2.10. The highest BCUT2D eigenvalue weighted by Gasteiger charge is 2.41. The number of amides is 1. The number of allylic oxidation sites excluding steroid dienone is 4. The largest absolute Gasteiger partial charge is 0.461 e. The van der Waals surface area contributed by atoms with Gasteiger partial charge in [-0.2, -0.15) is 0 Å². The van der Waals surface area contributed by atoms with Gasteiger partial charge < -0.3 is 9.47 Å². The molecule has 0 saturated carbocycles. The van der Waals surface area contributed by atoms with Gasteiger partial charge >= 0.3 is 6.09 Å². The number of ether oxygens (including phenoxy) is 2. The minimum atomic E-state index is -0.345. The normalized spacial score (nSPS) is 18.1. The zero-order valence-corrected chi connectivity index (χ0v) is 16.3. The lowest BCUT2D eigenvalue weighted by Gasteiger charge is -2.32. The van der Waals surface area contributed by atoms with Gasteiger partial charge in [-0.15, -0.1) is 0 Å². The summed E-state index contributed by atoms with van der Waals surface area (Å²) >= 11 is 0. The van der Waals surface area contributed by atoms with E-state index >= 15 is 0 Å². The molecule has 25 heavy (non-hydrogen) atoms. The second-order valence-corrected chi connectivity index (χ2v) is 7.41. The highest BCUT2D eigenvalue weighted by Crippen LogP contribution is 2.47. The maximum absolute atomic E-state index is 12.8. The van der Waals surface area contributed by atoms with Crippen LogP contribution in [0.2, 0.25) is 0 Å². The van der Waals surface area contributed by atoms with Crippen LogP contribution in [0, 0.1) is 5.41 Å². The van der Waals surface area contributed by atoms with Gasteiger partial charge in [-0.1, -0.05) is 46.6 Å². The summed E-state index contributed by atoms with van der Waals surface area (Å²) in [6, 6.07) is 0. The number of carbonyl (C=O) groups excluding carboxylic acids is 1. The molecule has 1 aliphatic heterocycles. The summed E-state index contributed by atoms with van der Waals surface area (Å²) in [7, 11) is 1.79. The highest BCUT2D eigenvalue weighted by atomic mass is 16.6. The summed E-state index contributed by atoms with van der Waals surface area (Å²) in [5, 5.41) is 3.70. The van der Waals surface area contributed by atoms with Crippen molar-refractivity contribution in [1.82, 2.24) is 10.0 Å². The topological polar surface area (TPSA) is 42.0 Å². The lowest BCUT2D eigenvalue weighted by Crippen LogP contribution is -2.45. The Kier molecular flexibility index (Phi) is 6.71. The molecular weight excluding hydrogens is 316 g/mol. The van der Waals surface area contributed by atoms with Crippen molar-refractivity contribution in [2.75, 3.05) is 20.1 Å². The minimum Gasteiger partial charge on any atom is -0.461 e. The fourth-order valence-electron chi connectivity index (χ4n) is 3.16. The van der Waals surface area contributed by atoms with Crippen LogP contribution in [0.3, 0.4) is 0 Å². The SMILES string of the molecule is CCCCN(CCCC)N(C)C(=O)OC1=C2OC=CC=C2CC1(C)C. The third-order valence-electron chi connectivity index (χ3n) is 4.72. The molecule has 0 spiro atoms. The van der Waals surface area contributed by atoms with E-state index in [0.717, 1.165) is 50.8 Å². The summed E-state index contributed by atoms with van der Waals surface area (Å²) in [5.41, 5.74) is 0.841. The lowest BCUT2D eigenvalue weighted by atomic mass is 9.90. The van der Waals surface area contributed by atoms with E-state index in [1.54, 1.807) is 18.3 Å². The summed E-state index contributed by atoms with van der Waals surface area (Å²) in [6.45, 7) is 10.2. The van der Waals surface area contributed by atoms with Gasteiger partial charge in [0.1, 0.15) is 0 Å². The second kappa shape index (κ2) is 8.56. The van der Waals surface area contributed by atoms with E-state index in [4.69, 9.17) is 9.47 Å². The van der Waals surface area contributed by atoms with E-state index in [2.05, 4.69) is 32.7 Å². The molecule has 0 bridgehead atoms. The van der Waals surface area contributed by atoms with Gasteiger partial charge in [0.2, 0.25) is 0 Å². The number of hydrogen-bond donors (Lipinski definition) is 0. The average molecular weight is 348 g/mol. The van der Waals surface area contributed by atoms with Gasteiger partial charge in [0.15, 0.2) is 11.5 Å². The Labute approximate surface area is 151 Å². The number of fused-ring (bicyclic) bond motifs is 1. The molecule has 5 nitrogen and oxygen atoms in total. The van der Waals surface area contributed by atoms with Gasteiger partial charge in [-0.25, -0.2) is 14.8 Å². The molecule has 0 unspecified atom stereocenters. The number of rotatable bonds is 8. The number of unbranched alkanes of at least 4 members (excludes halogenated alkanes) is 2. The molecule has 0 aromatic rings. The van der Waals surface area contributed by atoms with Gasteiger partial charge in [0, 0.05) is 25.6 Å². The zero-order chi connectivity index (χ0) is 18.4. The Hall–Kier alpha value is -1.75. The quantitative estimate of drug-likeness (QED) is 0.580. The first-order valence-corrected chi connectivity index (χ1v) is 9.38. The lowest BCUT2D eigenvalue weighted by molar-refractivity contribution is -0.00271. The molecule has 0 radical (unpaired) electrons. The van der Waals surface area contributed by atoms with Crippen molar-refractivity contribution in [2.24, 2.45) is 5.41 Å². The Morgan fingerprint density at radius 2 is 1.88 bits per heavy atom. The van der Waals surface area contributed by atoms with Crippen LogP contribution >= 0.6 is 0 Å². The van der Waals surface area contributed by atoms with Crippen LogP contribution in [0.15, 0.2) is 35.5 Å². The molecule has 0 aromatic heterocycles. The molecule has 0 saturated heterocycles. The number of hydrazine groups is 1. The number of nitrogens with zero attached hydrogens (tertiary/aromatic N) is 2. The molecule has 0 fully saturated rings. The molecule has 0 atom stereocenters. The van der Waals surface area contributed by atoms with Crippen LogP contribution in [0.1, 0.15) is 59.8 Å². The van der Waals surface area contributed by atoms with E-state index in [1.807, 2.05) is 12.2 Å². The predicted molar refractivity (Wildman–Crippen MR) is 99.4 cm³/mol. The summed E-state index contributed by atoms with van der Waals surface area (Å²) in [5.74, 6) is 1.33. The van der Waals surface area contributed by atoms with Crippen molar-refractivity contribution < 1.29 is 14.3 Å². The maximum atomic E-state index is 12.8. The van der Waals surface area contributed by atoms with Gasteiger partial charge in [-0.3, -0.25) is 0 Å². The molecule has 1 aliphatic carbocycles. The van der Waals surface area contributed by atoms with Crippen LogP contribution in [0.25, 0.3) is 0 Å². The first-order valence-electron chi connectivity index (χ1n) is 9.38. The Morgan fingerprint density at radius 3 is 2.48 bits per heavy atom. The molecular formula is C20H32N2O3. The van der Waals surface area contributed by atoms with Crippen LogP contribution in [-0.2, 0) is 9.47 Å². The van der Waals surface area contributed by atoms with Gasteiger partial charge in [0.25, 0.3) is 0 Å². The minimum absolute atomic E-state index is 0.249. The first-order chi connectivity index (χ1) is 11.9. The second-order valence-electron chi connectivity index (χ2n) is 7.41. The summed E-state index contributed by atoms with van der Waals surface area (Å²) in [4.78, 5) is 12.8. The maximum Gasteiger partial charge on any atom is 0.429 e. The van der Waals surface area contributed by atoms with Gasteiger partial charge in [0.05, 0.1) is 6.26 Å². The van der Waals surface area contributed by atoms with Crippen molar-refractivity contribution in [3.63, 3.8) is 0 Å². The average Bonchev–Trinajstić information content (AvgIpc) is 2.84. The molecule has 140 valence electrons. The van der Waals surface area contributed by atoms with Gasteiger partial charge in [-0.05, 0) is 30.9 Å². The molecule has 0 aromatic carbocycles. The smallest absolute Gasteiger partial charge is 0.429 e. The third kappa shape index (κ3) is 4.66. The van der Waals surface area contributed by atoms with Crippen molar-refractivity contribution in [1.29, 1.82) is 0 Å². The van der Waals surface area contributed by atoms with Crippen molar-refractivity contribution in [2.45, 2.75) is 59.8 Å². The molecule has 1 amide bonds. The van der Waals surface area contributed by atoms with E-state index in [9.17, 15) is 4.79 Å². The predicted octanol–water partition coefficient (Wildman–Crippen LogP) is 4.98. The highest BCUT2D eigenvalue weighted by molar-refractivity contribution is 5.69. The number of carbonyl (C=O) groups is 1. The molecule has 2 rings (SSSR count). The van der Waals surface area contributed by atoms with Crippen molar-refractivity contribution in [3.05, 3.63) is 35.5 Å². The number of hydrogen-bond acceptors (Lipinski definition) is 4.